The first-order valence-corrected chi connectivity index (χ1v) is 8.99. The maximum absolute atomic E-state index is 14.0. The van der Waals surface area contributed by atoms with Crippen LogP contribution in [0, 0.1) is 5.82 Å². The molecule has 2 aromatic carbocycles. The van der Waals surface area contributed by atoms with Gasteiger partial charge in [-0.25, -0.2) is 4.39 Å². The Bertz CT molecular complexity index is 800. The van der Waals surface area contributed by atoms with Crippen molar-refractivity contribution in [1.29, 1.82) is 0 Å². The summed E-state index contributed by atoms with van der Waals surface area (Å²) >= 11 is 6.03. The van der Waals surface area contributed by atoms with Gasteiger partial charge in [0, 0.05) is 18.7 Å². The molecule has 0 spiro atoms. The number of ether oxygens (including phenoxy) is 1. The highest BCUT2D eigenvalue weighted by Crippen LogP contribution is 2.23. The maximum atomic E-state index is 14.0. The van der Waals surface area contributed by atoms with Crippen molar-refractivity contribution in [2.75, 3.05) is 13.2 Å². The lowest BCUT2D eigenvalue weighted by molar-refractivity contribution is -0.142. The van der Waals surface area contributed by atoms with E-state index in [1.807, 2.05) is 0 Å². The van der Waals surface area contributed by atoms with E-state index in [2.05, 4.69) is 5.32 Å². The molecule has 1 atom stereocenters. The number of hydrogen-bond acceptors (Lipinski definition) is 3. The normalized spacial score (nSPS) is 11.6. The molecule has 1 unspecified atom stereocenters. The van der Waals surface area contributed by atoms with Gasteiger partial charge in [0.1, 0.15) is 17.6 Å². The highest BCUT2D eigenvalue weighted by molar-refractivity contribution is 6.32. The van der Waals surface area contributed by atoms with Gasteiger partial charge in [-0.1, -0.05) is 41.9 Å². The van der Waals surface area contributed by atoms with Gasteiger partial charge in [0.15, 0.2) is 6.61 Å². The number of nitrogens with one attached hydrogen (secondary N) is 1. The lowest BCUT2D eigenvalue weighted by atomic mass is 10.1. The van der Waals surface area contributed by atoms with Crippen molar-refractivity contribution in [2.24, 2.45) is 0 Å². The molecule has 0 aromatic heterocycles. The Morgan fingerprint density at radius 1 is 1.19 bits per heavy atom. The average Bonchev–Trinajstić information content (AvgIpc) is 2.66. The number of carbonyl (C=O) groups excluding carboxylic acids is 2. The first kappa shape index (κ1) is 20.7. The fourth-order valence-electron chi connectivity index (χ4n) is 2.50. The molecule has 0 aliphatic rings. The van der Waals surface area contributed by atoms with Crippen LogP contribution >= 0.6 is 11.6 Å². The van der Waals surface area contributed by atoms with Crippen molar-refractivity contribution in [3.05, 3.63) is 64.9 Å². The van der Waals surface area contributed by atoms with Crippen molar-refractivity contribution < 1.29 is 18.7 Å². The van der Waals surface area contributed by atoms with E-state index in [1.54, 1.807) is 56.3 Å². The summed E-state index contributed by atoms with van der Waals surface area (Å²) in [4.78, 5) is 26.3. The highest BCUT2D eigenvalue weighted by atomic mass is 35.5. The standard InChI is InChI=1S/C20H22ClFN2O3/c1-3-23-20(26)14(2)24(12-15-8-4-6-10-17(15)22)19(25)13-27-18-11-7-5-9-16(18)21/h4-11,14H,3,12-13H2,1-2H3,(H,23,26). The Morgan fingerprint density at radius 2 is 1.85 bits per heavy atom. The van der Waals surface area contributed by atoms with Crippen LogP contribution in [-0.2, 0) is 16.1 Å². The van der Waals surface area contributed by atoms with E-state index in [0.717, 1.165) is 0 Å². The SMILES string of the molecule is CCNC(=O)C(C)N(Cc1ccccc1F)C(=O)COc1ccccc1Cl. The summed E-state index contributed by atoms with van der Waals surface area (Å²) in [6.07, 6.45) is 0. The van der Waals surface area contributed by atoms with Crippen LogP contribution in [0.4, 0.5) is 4.39 Å². The van der Waals surface area contributed by atoms with E-state index >= 15 is 0 Å². The van der Waals surface area contributed by atoms with Gasteiger partial charge >= 0.3 is 0 Å². The summed E-state index contributed by atoms with van der Waals surface area (Å²) in [5, 5.41) is 3.05. The summed E-state index contributed by atoms with van der Waals surface area (Å²) in [5.74, 6) is -0.841. The molecule has 0 radical (unpaired) electrons. The largest absolute Gasteiger partial charge is 0.482 e. The second kappa shape index (κ2) is 9.92. The highest BCUT2D eigenvalue weighted by Gasteiger charge is 2.27. The number of likely N-dealkylation sites (N-methyl/N-ethyl adjacent to an activating group) is 1. The van der Waals surface area contributed by atoms with Crippen molar-refractivity contribution >= 4 is 23.4 Å². The number of hydrogen-bond donors (Lipinski definition) is 1. The molecule has 2 amide bonds. The lowest BCUT2D eigenvalue weighted by Gasteiger charge is -2.28. The summed E-state index contributed by atoms with van der Waals surface area (Å²) in [6.45, 7) is 3.45. The Kier molecular flexibility index (Phi) is 7.61. The molecular formula is C20H22ClFN2O3. The maximum Gasteiger partial charge on any atom is 0.261 e. The molecular weight excluding hydrogens is 371 g/mol. The summed E-state index contributed by atoms with van der Waals surface area (Å²) in [7, 11) is 0. The van der Waals surface area contributed by atoms with Crippen LogP contribution in [0.1, 0.15) is 19.4 Å². The topological polar surface area (TPSA) is 58.6 Å². The van der Waals surface area contributed by atoms with Crippen LogP contribution < -0.4 is 10.1 Å². The van der Waals surface area contributed by atoms with Crippen LogP contribution in [-0.4, -0.2) is 35.9 Å². The molecule has 0 bridgehead atoms. The summed E-state index contributed by atoms with van der Waals surface area (Å²) < 4.78 is 19.5. The zero-order chi connectivity index (χ0) is 19.8. The van der Waals surface area contributed by atoms with Crippen molar-refractivity contribution in [2.45, 2.75) is 26.4 Å². The Hall–Kier alpha value is -2.60. The van der Waals surface area contributed by atoms with Gasteiger partial charge in [0.25, 0.3) is 5.91 Å². The molecule has 0 saturated heterocycles. The molecule has 2 aromatic rings. The van der Waals surface area contributed by atoms with E-state index in [9.17, 15) is 14.0 Å². The van der Waals surface area contributed by atoms with E-state index in [4.69, 9.17) is 16.3 Å². The quantitative estimate of drug-likeness (QED) is 0.749. The zero-order valence-electron chi connectivity index (χ0n) is 15.2. The smallest absolute Gasteiger partial charge is 0.261 e. The van der Waals surface area contributed by atoms with Crippen LogP contribution in [0.25, 0.3) is 0 Å². The van der Waals surface area contributed by atoms with Gasteiger partial charge in [-0.2, -0.15) is 0 Å². The van der Waals surface area contributed by atoms with Crippen molar-refractivity contribution in [1.82, 2.24) is 10.2 Å². The second-order valence-corrected chi connectivity index (χ2v) is 6.31. The van der Waals surface area contributed by atoms with Gasteiger partial charge in [-0.15, -0.1) is 0 Å². The van der Waals surface area contributed by atoms with E-state index in [-0.39, 0.29) is 19.1 Å². The molecule has 0 aliphatic carbocycles. The summed E-state index contributed by atoms with van der Waals surface area (Å²) in [5.41, 5.74) is 0.319. The average molecular weight is 393 g/mol. The van der Waals surface area contributed by atoms with Gasteiger partial charge in [-0.3, -0.25) is 9.59 Å². The summed E-state index contributed by atoms with van der Waals surface area (Å²) in [6, 6.07) is 12.1. The fraction of sp³-hybridized carbons (Fsp3) is 0.300. The zero-order valence-corrected chi connectivity index (χ0v) is 16.0. The van der Waals surface area contributed by atoms with Gasteiger partial charge < -0.3 is 15.0 Å². The van der Waals surface area contributed by atoms with Crippen LogP contribution in [0.5, 0.6) is 5.75 Å². The Balaban J connectivity index is 2.17. The Morgan fingerprint density at radius 3 is 2.52 bits per heavy atom. The number of halogens is 2. The van der Waals surface area contributed by atoms with Gasteiger partial charge in [0.05, 0.1) is 5.02 Å². The molecule has 0 heterocycles. The van der Waals surface area contributed by atoms with Crippen molar-refractivity contribution in [3.8, 4) is 5.75 Å². The molecule has 5 nitrogen and oxygen atoms in total. The molecule has 0 aliphatic heterocycles. The lowest BCUT2D eigenvalue weighted by Crippen LogP contribution is -2.49. The van der Waals surface area contributed by atoms with Crippen LogP contribution in [0.3, 0.4) is 0 Å². The number of nitrogens with zero attached hydrogens (tertiary/aromatic N) is 1. The Labute approximate surface area is 163 Å². The minimum Gasteiger partial charge on any atom is -0.482 e. The second-order valence-electron chi connectivity index (χ2n) is 5.90. The third kappa shape index (κ3) is 5.69. The molecule has 0 saturated carbocycles. The minimum absolute atomic E-state index is 0.0459. The monoisotopic (exact) mass is 392 g/mol. The molecule has 2 rings (SSSR count). The predicted octanol–water partition coefficient (Wildman–Crippen LogP) is 3.41. The van der Waals surface area contributed by atoms with Gasteiger partial charge in [0.2, 0.25) is 5.91 Å². The third-order valence-corrected chi connectivity index (χ3v) is 4.32. The molecule has 1 N–H and O–H groups in total. The molecule has 27 heavy (non-hydrogen) atoms. The number of benzene rings is 2. The molecule has 0 fully saturated rings. The number of para-hydroxylation sites is 1. The minimum atomic E-state index is -0.785. The molecule has 7 heteroatoms. The first-order valence-electron chi connectivity index (χ1n) is 8.62. The number of amides is 2. The van der Waals surface area contributed by atoms with E-state index < -0.39 is 17.8 Å². The number of rotatable bonds is 8. The van der Waals surface area contributed by atoms with E-state index in [1.165, 1.54) is 11.0 Å². The van der Waals surface area contributed by atoms with Crippen molar-refractivity contribution in [3.63, 3.8) is 0 Å². The van der Waals surface area contributed by atoms with Crippen LogP contribution in [0.15, 0.2) is 48.5 Å². The molecule has 144 valence electrons. The fourth-order valence-corrected chi connectivity index (χ4v) is 2.69. The third-order valence-electron chi connectivity index (χ3n) is 4.00. The predicted molar refractivity (Wildman–Crippen MR) is 102 cm³/mol. The van der Waals surface area contributed by atoms with E-state index in [0.29, 0.717) is 22.9 Å². The number of carbonyl (C=O) groups is 2. The van der Waals surface area contributed by atoms with Crippen LogP contribution in [0.2, 0.25) is 5.02 Å². The van der Waals surface area contributed by atoms with Gasteiger partial charge in [-0.05, 0) is 32.0 Å². The first-order chi connectivity index (χ1) is 12.9.